The highest BCUT2D eigenvalue weighted by molar-refractivity contribution is 7.99. The summed E-state index contributed by atoms with van der Waals surface area (Å²) in [5, 5.41) is 14.6. The van der Waals surface area contributed by atoms with E-state index < -0.39 is 0 Å². The van der Waals surface area contributed by atoms with Gasteiger partial charge in [0, 0.05) is 12.6 Å². The van der Waals surface area contributed by atoms with Crippen LogP contribution in [-0.4, -0.2) is 32.5 Å². The molecule has 140 valence electrons. The van der Waals surface area contributed by atoms with Crippen molar-refractivity contribution < 1.29 is 4.79 Å². The second-order valence-corrected chi connectivity index (χ2v) is 8.47. The van der Waals surface area contributed by atoms with Gasteiger partial charge in [-0.3, -0.25) is 9.36 Å². The first-order valence-electron chi connectivity index (χ1n) is 9.28. The lowest BCUT2D eigenvalue weighted by Gasteiger charge is -2.20. The van der Waals surface area contributed by atoms with Crippen LogP contribution in [0.25, 0.3) is 10.7 Å². The van der Waals surface area contributed by atoms with Crippen molar-refractivity contribution in [1.82, 2.24) is 20.1 Å². The van der Waals surface area contributed by atoms with E-state index in [9.17, 15) is 4.79 Å². The third kappa shape index (κ3) is 5.20. The lowest BCUT2D eigenvalue weighted by Crippen LogP contribution is -2.36. The van der Waals surface area contributed by atoms with Crippen molar-refractivity contribution in [2.45, 2.75) is 62.7 Å². The molecule has 1 aliphatic carbocycles. The molecule has 0 aliphatic heterocycles. The molecule has 0 atom stereocenters. The maximum absolute atomic E-state index is 12.4. The molecule has 0 saturated heterocycles. The van der Waals surface area contributed by atoms with Crippen LogP contribution in [0.3, 0.4) is 0 Å². The van der Waals surface area contributed by atoms with Gasteiger partial charge in [0.2, 0.25) is 5.91 Å². The molecule has 1 amide bonds. The third-order valence-corrected chi connectivity index (χ3v) is 6.41. The Morgan fingerprint density at radius 2 is 2.08 bits per heavy atom. The zero-order valence-corrected chi connectivity index (χ0v) is 16.7. The molecule has 2 aromatic rings. The summed E-state index contributed by atoms with van der Waals surface area (Å²) in [5.74, 6) is 1.30. The van der Waals surface area contributed by atoms with Gasteiger partial charge in [0.1, 0.15) is 0 Å². The van der Waals surface area contributed by atoms with E-state index in [1.165, 1.54) is 43.9 Å². The smallest absolute Gasteiger partial charge is 0.230 e. The Morgan fingerprint density at radius 3 is 2.77 bits per heavy atom. The molecule has 2 aromatic heterocycles. The van der Waals surface area contributed by atoms with Crippen molar-refractivity contribution in [2.24, 2.45) is 0 Å². The number of hydrogen-bond donors (Lipinski definition) is 1. The number of rotatable bonds is 7. The number of hydrogen-bond acceptors (Lipinski definition) is 5. The predicted octanol–water partition coefficient (Wildman–Crippen LogP) is 4.51. The Labute approximate surface area is 163 Å². The quantitative estimate of drug-likeness (QED) is 0.558. The van der Waals surface area contributed by atoms with Crippen molar-refractivity contribution in [1.29, 1.82) is 0 Å². The predicted molar refractivity (Wildman–Crippen MR) is 109 cm³/mol. The van der Waals surface area contributed by atoms with Crippen LogP contribution in [0.2, 0.25) is 0 Å². The fourth-order valence-corrected chi connectivity index (χ4v) is 4.75. The zero-order valence-electron chi connectivity index (χ0n) is 15.0. The van der Waals surface area contributed by atoms with E-state index in [2.05, 4.69) is 22.1 Å². The molecular weight excluding hydrogens is 364 g/mol. The van der Waals surface area contributed by atoms with Crippen LogP contribution in [0.15, 0.2) is 35.3 Å². The lowest BCUT2D eigenvalue weighted by atomic mass is 9.97. The number of nitrogens with zero attached hydrogens (tertiary/aromatic N) is 3. The highest BCUT2D eigenvalue weighted by Gasteiger charge is 2.17. The Hall–Kier alpha value is -1.60. The molecule has 0 radical (unpaired) electrons. The van der Waals surface area contributed by atoms with Gasteiger partial charge in [-0.2, -0.15) is 0 Å². The highest BCUT2D eigenvalue weighted by atomic mass is 32.2. The molecule has 2 heterocycles. The van der Waals surface area contributed by atoms with Crippen LogP contribution in [0, 0.1) is 0 Å². The average molecular weight is 391 g/mol. The largest absolute Gasteiger partial charge is 0.353 e. The van der Waals surface area contributed by atoms with E-state index in [4.69, 9.17) is 0 Å². The van der Waals surface area contributed by atoms with Crippen LogP contribution >= 0.6 is 23.1 Å². The number of thioether (sulfide) groups is 1. The second-order valence-electron chi connectivity index (χ2n) is 6.58. The number of aromatic nitrogens is 3. The van der Waals surface area contributed by atoms with E-state index >= 15 is 0 Å². The minimum Gasteiger partial charge on any atom is -0.353 e. The van der Waals surface area contributed by atoms with Gasteiger partial charge in [-0.25, -0.2) is 0 Å². The minimum absolute atomic E-state index is 0.0893. The molecule has 0 spiro atoms. The van der Waals surface area contributed by atoms with Crippen LogP contribution in [0.4, 0.5) is 0 Å². The standard InChI is InChI=1S/C19H26N4OS2/c1-2-12-23-18(16-11-8-13-25-16)21-22-19(23)26-14-17(24)20-15-9-6-4-3-5-7-10-15/h2,8,11,13,15H,1,3-7,9-10,12,14H2,(H,20,24). The molecule has 1 saturated carbocycles. The number of nitrogens with one attached hydrogen (secondary N) is 1. The normalized spacial score (nSPS) is 16.0. The molecule has 1 fully saturated rings. The molecule has 0 unspecified atom stereocenters. The van der Waals surface area contributed by atoms with Gasteiger partial charge in [-0.15, -0.1) is 28.1 Å². The summed E-state index contributed by atoms with van der Waals surface area (Å²) in [4.78, 5) is 13.5. The molecule has 0 bridgehead atoms. The summed E-state index contributed by atoms with van der Waals surface area (Å²) in [6, 6.07) is 4.36. The topological polar surface area (TPSA) is 59.8 Å². The number of thiophene rings is 1. The van der Waals surface area contributed by atoms with E-state index in [1.807, 2.05) is 28.2 Å². The Balaban J connectivity index is 1.58. The molecule has 1 aliphatic rings. The van der Waals surface area contributed by atoms with Gasteiger partial charge in [0.15, 0.2) is 11.0 Å². The second kappa shape index (κ2) is 9.92. The van der Waals surface area contributed by atoms with E-state index in [0.29, 0.717) is 18.3 Å². The first-order chi connectivity index (χ1) is 12.8. The molecule has 26 heavy (non-hydrogen) atoms. The summed E-state index contributed by atoms with van der Waals surface area (Å²) in [5.41, 5.74) is 0. The molecule has 3 rings (SSSR count). The van der Waals surface area contributed by atoms with Gasteiger partial charge >= 0.3 is 0 Å². The van der Waals surface area contributed by atoms with E-state index in [-0.39, 0.29) is 5.91 Å². The Kier molecular flexibility index (Phi) is 7.32. The fourth-order valence-electron chi connectivity index (χ4n) is 3.28. The van der Waals surface area contributed by atoms with E-state index in [0.717, 1.165) is 28.7 Å². The summed E-state index contributed by atoms with van der Waals surface area (Å²) < 4.78 is 2.02. The van der Waals surface area contributed by atoms with Crippen LogP contribution in [-0.2, 0) is 11.3 Å². The third-order valence-electron chi connectivity index (χ3n) is 4.57. The average Bonchev–Trinajstić information content (AvgIpc) is 3.25. The monoisotopic (exact) mass is 390 g/mol. The van der Waals surface area contributed by atoms with Gasteiger partial charge in [-0.1, -0.05) is 56.0 Å². The van der Waals surface area contributed by atoms with Gasteiger partial charge in [0.25, 0.3) is 0 Å². The molecule has 0 aromatic carbocycles. The van der Waals surface area contributed by atoms with Gasteiger partial charge in [0.05, 0.1) is 10.6 Å². The Morgan fingerprint density at radius 1 is 1.31 bits per heavy atom. The van der Waals surface area contributed by atoms with Crippen molar-refractivity contribution >= 4 is 29.0 Å². The molecule has 1 N–H and O–H groups in total. The van der Waals surface area contributed by atoms with Crippen LogP contribution in [0.5, 0.6) is 0 Å². The van der Waals surface area contributed by atoms with Crippen molar-refractivity contribution in [3.05, 3.63) is 30.2 Å². The minimum atomic E-state index is 0.0893. The first-order valence-corrected chi connectivity index (χ1v) is 11.1. The summed E-state index contributed by atoms with van der Waals surface area (Å²) in [6.45, 7) is 4.46. The van der Waals surface area contributed by atoms with E-state index in [1.54, 1.807) is 11.3 Å². The van der Waals surface area contributed by atoms with Crippen LogP contribution < -0.4 is 5.32 Å². The zero-order chi connectivity index (χ0) is 18.2. The Bertz CT molecular complexity index is 703. The van der Waals surface area contributed by atoms with Crippen molar-refractivity contribution in [3.63, 3.8) is 0 Å². The first kappa shape index (κ1) is 19.2. The highest BCUT2D eigenvalue weighted by Crippen LogP contribution is 2.27. The molecular formula is C19H26N4OS2. The molecule has 5 nitrogen and oxygen atoms in total. The SMILES string of the molecule is C=CCn1c(SCC(=O)NC2CCCCCCC2)nnc1-c1cccs1. The van der Waals surface area contributed by atoms with Crippen LogP contribution in [0.1, 0.15) is 44.9 Å². The fraction of sp³-hybridized carbons (Fsp3) is 0.526. The summed E-state index contributed by atoms with van der Waals surface area (Å²) in [7, 11) is 0. The number of carbonyl (C=O) groups is 1. The summed E-state index contributed by atoms with van der Waals surface area (Å²) >= 11 is 3.08. The van der Waals surface area contributed by atoms with Crippen molar-refractivity contribution in [3.8, 4) is 10.7 Å². The number of carbonyl (C=O) groups excluding carboxylic acids is 1. The molecule has 7 heteroatoms. The number of amides is 1. The lowest BCUT2D eigenvalue weighted by molar-refractivity contribution is -0.119. The maximum atomic E-state index is 12.4. The van der Waals surface area contributed by atoms with Gasteiger partial charge < -0.3 is 5.32 Å². The van der Waals surface area contributed by atoms with Gasteiger partial charge in [-0.05, 0) is 24.3 Å². The maximum Gasteiger partial charge on any atom is 0.230 e. The number of allylic oxidation sites excluding steroid dienone is 1. The summed E-state index contributed by atoms with van der Waals surface area (Å²) in [6.07, 6.45) is 10.4. The van der Waals surface area contributed by atoms with Crippen molar-refractivity contribution in [2.75, 3.05) is 5.75 Å².